The number of carbonyl (C=O) groups is 1. The molecule has 1 saturated heterocycles. The normalized spacial score (nSPS) is 22.3. The molecule has 0 radical (unpaired) electrons. The lowest BCUT2D eigenvalue weighted by molar-refractivity contribution is -0.143. The van der Waals surface area contributed by atoms with Gasteiger partial charge in [-0.15, -0.1) is 0 Å². The fraction of sp³-hybridized carbons (Fsp3) is 0.458. The van der Waals surface area contributed by atoms with Gasteiger partial charge in [-0.3, -0.25) is 9.69 Å². The summed E-state index contributed by atoms with van der Waals surface area (Å²) in [5.74, 6) is -0.0479. The van der Waals surface area contributed by atoms with Crippen LogP contribution < -0.4 is 18.9 Å². The van der Waals surface area contributed by atoms with Gasteiger partial charge >= 0.3 is 5.97 Å². The molecule has 0 saturated carbocycles. The number of hydrogen-bond acceptors (Lipinski definition) is 7. The molecule has 34 heavy (non-hydrogen) atoms. The first-order valence-corrected chi connectivity index (χ1v) is 12.7. The van der Waals surface area contributed by atoms with Gasteiger partial charge in [-0.05, 0) is 49.2 Å². The van der Waals surface area contributed by atoms with Crippen molar-refractivity contribution in [2.45, 2.75) is 31.1 Å². The van der Waals surface area contributed by atoms with Crippen LogP contribution in [0.5, 0.6) is 17.2 Å². The summed E-state index contributed by atoms with van der Waals surface area (Å²) in [6.07, 6.45) is 0. The molecule has 0 spiro atoms. The van der Waals surface area contributed by atoms with E-state index in [1.165, 1.54) is 0 Å². The minimum absolute atomic E-state index is 0.141. The Morgan fingerprint density at radius 1 is 1.15 bits per heavy atom. The lowest BCUT2D eigenvalue weighted by Crippen LogP contribution is -2.38. The molecule has 9 nitrogen and oxygen atoms in total. The average Bonchev–Trinajstić information content (AvgIpc) is 3.43. The zero-order valence-electron chi connectivity index (χ0n) is 19.4. The van der Waals surface area contributed by atoms with Crippen LogP contribution in [0.3, 0.4) is 0 Å². The van der Waals surface area contributed by atoms with Gasteiger partial charge < -0.3 is 19.3 Å². The molecule has 3 atom stereocenters. The van der Waals surface area contributed by atoms with Crippen LogP contribution >= 0.6 is 0 Å². The number of nitrogens with zero attached hydrogens (tertiary/aromatic N) is 1. The first-order valence-electron chi connectivity index (χ1n) is 11.2. The van der Waals surface area contributed by atoms with Crippen LogP contribution in [0.4, 0.5) is 0 Å². The van der Waals surface area contributed by atoms with Crippen LogP contribution in [0.15, 0.2) is 42.5 Å². The van der Waals surface area contributed by atoms with Crippen molar-refractivity contribution in [2.24, 2.45) is 5.92 Å². The van der Waals surface area contributed by atoms with E-state index in [1.807, 2.05) is 41.3 Å². The van der Waals surface area contributed by atoms with Crippen molar-refractivity contribution in [1.29, 1.82) is 0 Å². The van der Waals surface area contributed by atoms with Crippen molar-refractivity contribution >= 4 is 16.0 Å². The second-order valence-corrected chi connectivity index (χ2v) is 11.1. The Labute approximate surface area is 199 Å². The Kier molecular flexibility index (Phi) is 7.01. The van der Waals surface area contributed by atoms with E-state index < -0.39 is 33.2 Å². The van der Waals surface area contributed by atoms with E-state index in [0.717, 1.165) is 11.1 Å². The van der Waals surface area contributed by atoms with Crippen molar-refractivity contribution in [2.75, 3.05) is 33.5 Å². The average molecular weight is 491 g/mol. The highest BCUT2D eigenvalue weighted by Gasteiger charge is 2.47. The lowest BCUT2D eigenvalue weighted by atomic mass is 9.82. The number of benzene rings is 2. The number of rotatable bonds is 9. The summed E-state index contributed by atoms with van der Waals surface area (Å²) in [6.45, 7) is 4.39. The van der Waals surface area contributed by atoms with E-state index in [1.54, 1.807) is 27.0 Å². The van der Waals surface area contributed by atoms with Gasteiger partial charge in [-0.25, -0.2) is 13.1 Å². The molecule has 184 valence electrons. The molecule has 2 aromatic carbocycles. The Hall–Kier alpha value is -2.82. The molecule has 0 aromatic heterocycles. The third-order valence-electron chi connectivity index (χ3n) is 6.49. The fourth-order valence-corrected chi connectivity index (χ4v) is 5.35. The monoisotopic (exact) mass is 490 g/mol. The molecule has 0 amide bonds. The van der Waals surface area contributed by atoms with E-state index in [9.17, 15) is 18.3 Å². The predicted octanol–water partition coefficient (Wildman–Crippen LogP) is 2.59. The summed E-state index contributed by atoms with van der Waals surface area (Å²) in [7, 11) is -1.85. The molecule has 2 aliphatic rings. The van der Waals surface area contributed by atoms with E-state index in [2.05, 4.69) is 4.72 Å². The van der Waals surface area contributed by atoms with Crippen molar-refractivity contribution in [3.63, 3.8) is 0 Å². The number of nitrogens with one attached hydrogen (secondary N) is 1. The number of methoxy groups -OCH3 is 1. The zero-order chi connectivity index (χ0) is 24.5. The fourth-order valence-electron chi connectivity index (χ4n) is 4.64. The first kappa shape index (κ1) is 24.3. The van der Waals surface area contributed by atoms with Crippen molar-refractivity contribution < 1.29 is 32.5 Å². The third-order valence-corrected chi connectivity index (χ3v) is 8.34. The van der Waals surface area contributed by atoms with Crippen molar-refractivity contribution in [3.05, 3.63) is 53.6 Å². The maximum Gasteiger partial charge on any atom is 0.309 e. The van der Waals surface area contributed by atoms with E-state index in [0.29, 0.717) is 30.3 Å². The van der Waals surface area contributed by atoms with Crippen LogP contribution in [-0.2, 0) is 14.8 Å². The summed E-state index contributed by atoms with van der Waals surface area (Å²) < 4.78 is 43.3. The van der Waals surface area contributed by atoms with E-state index in [4.69, 9.17) is 14.2 Å². The van der Waals surface area contributed by atoms with Crippen LogP contribution in [0, 0.1) is 5.92 Å². The van der Waals surface area contributed by atoms with Gasteiger partial charge in [-0.1, -0.05) is 18.2 Å². The quantitative estimate of drug-likeness (QED) is 0.551. The van der Waals surface area contributed by atoms with Crippen LogP contribution in [-0.4, -0.2) is 63.2 Å². The minimum atomic E-state index is -3.42. The Bertz CT molecular complexity index is 1130. The van der Waals surface area contributed by atoms with Gasteiger partial charge in [0.05, 0.1) is 18.3 Å². The van der Waals surface area contributed by atoms with E-state index >= 15 is 0 Å². The summed E-state index contributed by atoms with van der Waals surface area (Å²) in [6, 6.07) is 12.4. The maximum absolute atomic E-state index is 12.6. The highest BCUT2D eigenvalue weighted by Crippen LogP contribution is 2.47. The van der Waals surface area contributed by atoms with E-state index in [-0.39, 0.29) is 19.3 Å². The zero-order valence-corrected chi connectivity index (χ0v) is 20.2. The molecule has 2 N–H and O–H groups in total. The van der Waals surface area contributed by atoms with Gasteiger partial charge in [-0.2, -0.15) is 0 Å². The Morgan fingerprint density at radius 2 is 1.82 bits per heavy atom. The number of carboxylic acids is 1. The van der Waals surface area contributed by atoms with Crippen molar-refractivity contribution in [1.82, 2.24) is 9.62 Å². The summed E-state index contributed by atoms with van der Waals surface area (Å²) in [5, 5.41) is 9.75. The summed E-state index contributed by atoms with van der Waals surface area (Å²) >= 11 is 0. The number of ether oxygens (including phenoxy) is 3. The maximum atomic E-state index is 12.6. The van der Waals surface area contributed by atoms with Gasteiger partial charge in [0, 0.05) is 31.6 Å². The molecule has 2 aliphatic heterocycles. The lowest BCUT2D eigenvalue weighted by Gasteiger charge is -2.27. The minimum Gasteiger partial charge on any atom is -0.497 e. The summed E-state index contributed by atoms with van der Waals surface area (Å²) in [5.41, 5.74) is 1.68. The number of aliphatic carboxylic acids is 1. The van der Waals surface area contributed by atoms with Gasteiger partial charge in [0.1, 0.15) is 5.75 Å². The number of sulfonamides is 1. The standard InChI is InChI=1S/C24H30N2O7S/c1-15(2)34(29,30)25-10-11-26-13-19(17-6-9-20-21(12-17)33-14-32-20)22(24(27)28)23(26)16-4-7-18(31-3)8-5-16/h4-9,12,15,19,22-23,25H,10-11,13-14H2,1-3H3,(H,27,28)/t19-,22-,23+/m1/s1. The Balaban J connectivity index is 1.66. The highest BCUT2D eigenvalue weighted by atomic mass is 32.2. The molecule has 10 heteroatoms. The van der Waals surface area contributed by atoms with Crippen molar-refractivity contribution in [3.8, 4) is 17.2 Å². The molecule has 0 bridgehead atoms. The number of hydrogen-bond donors (Lipinski definition) is 2. The highest BCUT2D eigenvalue weighted by molar-refractivity contribution is 7.90. The topological polar surface area (TPSA) is 114 Å². The Morgan fingerprint density at radius 3 is 2.47 bits per heavy atom. The van der Waals surface area contributed by atoms with Gasteiger partial charge in [0.15, 0.2) is 11.5 Å². The summed E-state index contributed by atoms with van der Waals surface area (Å²) in [4.78, 5) is 14.6. The number of likely N-dealkylation sites (tertiary alicyclic amines) is 1. The molecular weight excluding hydrogens is 460 g/mol. The predicted molar refractivity (Wildman–Crippen MR) is 126 cm³/mol. The largest absolute Gasteiger partial charge is 0.497 e. The molecule has 1 fully saturated rings. The molecular formula is C24H30N2O7S. The van der Waals surface area contributed by atoms with Gasteiger partial charge in [0.25, 0.3) is 0 Å². The van der Waals surface area contributed by atoms with Crippen LogP contribution in [0.1, 0.15) is 36.9 Å². The van der Waals surface area contributed by atoms with Gasteiger partial charge in [0.2, 0.25) is 16.8 Å². The molecule has 0 aliphatic carbocycles. The molecule has 0 unspecified atom stereocenters. The second-order valence-electron chi connectivity index (χ2n) is 8.78. The smallest absolute Gasteiger partial charge is 0.309 e. The number of carboxylic acid groups (broad SMARTS) is 1. The molecule has 2 aromatic rings. The third kappa shape index (κ3) is 4.84. The first-order chi connectivity index (χ1) is 16.2. The number of fused-ring (bicyclic) bond motifs is 1. The molecule has 4 rings (SSSR count). The van der Waals surface area contributed by atoms with Crippen LogP contribution in [0.2, 0.25) is 0 Å². The SMILES string of the molecule is COc1ccc([C@H]2[C@H](C(=O)O)[C@@H](c3ccc4c(c3)OCO4)CN2CCNS(=O)(=O)C(C)C)cc1. The molecule has 2 heterocycles. The van der Waals surface area contributed by atoms with Crippen LogP contribution in [0.25, 0.3) is 0 Å². The second kappa shape index (κ2) is 9.81.